The number of nitrogens with zero attached hydrogens (tertiary/aromatic N) is 1. The highest BCUT2D eigenvalue weighted by atomic mass is 16.3. The van der Waals surface area contributed by atoms with Crippen LogP contribution < -0.4 is 0 Å². The first-order valence-electron chi connectivity index (χ1n) is 4.38. The lowest BCUT2D eigenvalue weighted by Gasteiger charge is -2.06. The van der Waals surface area contributed by atoms with Crippen LogP contribution >= 0.6 is 0 Å². The first-order chi connectivity index (χ1) is 6.83. The Labute approximate surface area is 82.0 Å². The van der Waals surface area contributed by atoms with Crippen LogP contribution in [0.1, 0.15) is 11.7 Å². The Balaban J connectivity index is 2.72. The maximum absolute atomic E-state index is 9.47. The molecule has 0 amide bonds. The van der Waals surface area contributed by atoms with Crippen molar-refractivity contribution >= 4 is 10.8 Å². The van der Waals surface area contributed by atoms with Crippen LogP contribution in [0, 0.1) is 11.3 Å². The van der Waals surface area contributed by atoms with Crippen molar-refractivity contribution in [1.29, 1.82) is 5.26 Å². The van der Waals surface area contributed by atoms with Crippen molar-refractivity contribution in [1.82, 2.24) is 0 Å². The summed E-state index contributed by atoms with van der Waals surface area (Å²) >= 11 is 0. The van der Waals surface area contributed by atoms with Crippen LogP contribution in [0.15, 0.2) is 42.5 Å². The average molecular weight is 183 g/mol. The number of nitriles is 1. The topological polar surface area (TPSA) is 44.0 Å². The fourth-order valence-corrected chi connectivity index (χ4v) is 1.56. The number of rotatable bonds is 1. The van der Waals surface area contributed by atoms with Gasteiger partial charge in [-0.3, -0.25) is 0 Å². The normalized spacial score (nSPS) is 12.3. The van der Waals surface area contributed by atoms with Crippen molar-refractivity contribution in [3.8, 4) is 6.07 Å². The van der Waals surface area contributed by atoms with E-state index in [0.717, 1.165) is 10.8 Å². The van der Waals surface area contributed by atoms with Gasteiger partial charge < -0.3 is 5.11 Å². The Hall–Kier alpha value is -1.85. The summed E-state index contributed by atoms with van der Waals surface area (Å²) in [6, 6.07) is 15.1. The van der Waals surface area contributed by atoms with Crippen LogP contribution in [0.2, 0.25) is 0 Å². The molecule has 14 heavy (non-hydrogen) atoms. The molecule has 1 atom stereocenters. The van der Waals surface area contributed by atoms with E-state index in [4.69, 9.17) is 5.26 Å². The first-order valence-corrected chi connectivity index (χ1v) is 4.38. The zero-order valence-electron chi connectivity index (χ0n) is 7.51. The molecule has 0 saturated carbocycles. The zero-order valence-corrected chi connectivity index (χ0v) is 7.51. The van der Waals surface area contributed by atoms with Gasteiger partial charge in [0, 0.05) is 5.56 Å². The summed E-state index contributed by atoms with van der Waals surface area (Å²) in [5.74, 6) is 0. The number of aliphatic hydroxyl groups is 1. The molecule has 2 heteroatoms. The van der Waals surface area contributed by atoms with Gasteiger partial charge in [0.25, 0.3) is 0 Å². The van der Waals surface area contributed by atoms with Crippen LogP contribution in [-0.2, 0) is 0 Å². The van der Waals surface area contributed by atoms with Crippen molar-refractivity contribution in [3.05, 3.63) is 48.0 Å². The molecule has 0 bridgehead atoms. The maximum atomic E-state index is 9.47. The fourth-order valence-electron chi connectivity index (χ4n) is 1.56. The molecule has 0 heterocycles. The molecule has 68 valence electrons. The van der Waals surface area contributed by atoms with Crippen LogP contribution in [-0.4, -0.2) is 5.11 Å². The second kappa shape index (κ2) is 3.49. The molecule has 0 radical (unpaired) electrons. The number of aliphatic hydroxyl groups excluding tert-OH is 1. The fraction of sp³-hybridized carbons (Fsp3) is 0.0833. The van der Waals surface area contributed by atoms with Gasteiger partial charge in [-0.05, 0) is 10.8 Å². The van der Waals surface area contributed by atoms with Crippen molar-refractivity contribution in [2.75, 3.05) is 0 Å². The molecular weight excluding hydrogens is 174 g/mol. The largest absolute Gasteiger partial charge is 0.374 e. The Morgan fingerprint density at radius 3 is 2.57 bits per heavy atom. The summed E-state index contributed by atoms with van der Waals surface area (Å²) in [7, 11) is 0. The minimum absolute atomic E-state index is 0.672. The van der Waals surface area contributed by atoms with E-state index in [9.17, 15) is 5.11 Å². The van der Waals surface area contributed by atoms with Crippen molar-refractivity contribution in [2.45, 2.75) is 6.10 Å². The average Bonchev–Trinajstić information content (AvgIpc) is 2.27. The molecule has 0 aliphatic heterocycles. The molecule has 0 fully saturated rings. The minimum atomic E-state index is -1.04. The summed E-state index contributed by atoms with van der Waals surface area (Å²) in [4.78, 5) is 0. The number of benzene rings is 2. The zero-order chi connectivity index (χ0) is 9.97. The third-order valence-electron chi connectivity index (χ3n) is 2.24. The van der Waals surface area contributed by atoms with Crippen LogP contribution in [0.5, 0.6) is 0 Å². The van der Waals surface area contributed by atoms with Crippen LogP contribution in [0.4, 0.5) is 0 Å². The highest BCUT2D eigenvalue weighted by Gasteiger charge is 2.08. The molecule has 0 spiro atoms. The molecule has 2 aromatic carbocycles. The summed E-state index contributed by atoms with van der Waals surface area (Å²) in [5, 5.41) is 20.1. The molecule has 2 aromatic rings. The van der Waals surface area contributed by atoms with Gasteiger partial charge in [0.1, 0.15) is 0 Å². The SMILES string of the molecule is N#C[C@H](O)c1cccc2ccccc12. The molecule has 1 N–H and O–H groups in total. The number of fused-ring (bicyclic) bond motifs is 1. The number of hydrogen-bond donors (Lipinski definition) is 1. The Morgan fingerprint density at radius 2 is 1.79 bits per heavy atom. The van der Waals surface area contributed by atoms with Crippen LogP contribution in [0.25, 0.3) is 10.8 Å². The van der Waals surface area contributed by atoms with Gasteiger partial charge in [-0.25, -0.2) is 0 Å². The third-order valence-corrected chi connectivity index (χ3v) is 2.24. The van der Waals surface area contributed by atoms with E-state index in [1.165, 1.54) is 0 Å². The lowest BCUT2D eigenvalue weighted by atomic mass is 10.0. The predicted molar refractivity (Wildman–Crippen MR) is 54.5 cm³/mol. The quantitative estimate of drug-likeness (QED) is 0.690. The Kier molecular flexibility index (Phi) is 2.18. The number of hydrogen-bond acceptors (Lipinski definition) is 2. The van der Waals surface area contributed by atoms with E-state index < -0.39 is 6.10 Å². The van der Waals surface area contributed by atoms with Gasteiger partial charge in [-0.2, -0.15) is 5.26 Å². The molecule has 0 aliphatic carbocycles. The molecule has 0 saturated heterocycles. The Morgan fingerprint density at radius 1 is 1.07 bits per heavy atom. The van der Waals surface area contributed by atoms with E-state index in [2.05, 4.69) is 0 Å². The van der Waals surface area contributed by atoms with Gasteiger partial charge in [0.05, 0.1) is 6.07 Å². The molecule has 0 unspecified atom stereocenters. The maximum Gasteiger partial charge on any atom is 0.166 e. The summed E-state index contributed by atoms with van der Waals surface area (Å²) in [5.41, 5.74) is 0.672. The highest BCUT2D eigenvalue weighted by Crippen LogP contribution is 2.23. The lowest BCUT2D eigenvalue weighted by molar-refractivity contribution is 0.237. The molecule has 0 aromatic heterocycles. The summed E-state index contributed by atoms with van der Waals surface area (Å²) in [6.45, 7) is 0. The summed E-state index contributed by atoms with van der Waals surface area (Å²) < 4.78 is 0. The van der Waals surface area contributed by atoms with Gasteiger partial charge in [0.15, 0.2) is 6.10 Å². The third kappa shape index (κ3) is 1.34. The van der Waals surface area contributed by atoms with Crippen LogP contribution in [0.3, 0.4) is 0 Å². The van der Waals surface area contributed by atoms with Gasteiger partial charge in [-0.15, -0.1) is 0 Å². The Bertz CT molecular complexity index is 494. The summed E-state index contributed by atoms with van der Waals surface area (Å²) in [6.07, 6.45) is -1.04. The van der Waals surface area contributed by atoms with E-state index in [1.807, 2.05) is 42.5 Å². The molecule has 0 aliphatic rings. The lowest BCUT2D eigenvalue weighted by Crippen LogP contribution is -1.93. The minimum Gasteiger partial charge on any atom is -0.374 e. The van der Waals surface area contributed by atoms with E-state index in [0.29, 0.717) is 5.56 Å². The first kappa shape index (κ1) is 8.74. The van der Waals surface area contributed by atoms with Crippen molar-refractivity contribution < 1.29 is 5.11 Å². The van der Waals surface area contributed by atoms with Crippen molar-refractivity contribution in [2.24, 2.45) is 0 Å². The van der Waals surface area contributed by atoms with Crippen molar-refractivity contribution in [3.63, 3.8) is 0 Å². The van der Waals surface area contributed by atoms with Gasteiger partial charge in [-0.1, -0.05) is 42.5 Å². The van der Waals surface area contributed by atoms with E-state index >= 15 is 0 Å². The molecule has 2 rings (SSSR count). The smallest absolute Gasteiger partial charge is 0.166 e. The highest BCUT2D eigenvalue weighted by molar-refractivity contribution is 5.86. The standard InChI is InChI=1S/C12H9NO/c13-8-12(14)11-7-3-5-9-4-1-2-6-10(9)11/h1-7,12,14H/t12-/m0/s1. The van der Waals surface area contributed by atoms with Gasteiger partial charge >= 0.3 is 0 Å². The van der Waals surface area contributed by atoms with E-state index in [1.54, 1.807) is 6.07 Å². The molecular formula is C12H9NO. The predicted octanol–water partition coefficient (Wildman–Crippen LogP) is 2.40. The van der Waals surface area contributed by atoms with E-state index in [-0.39, 0.29) is 0 Å². The second-order valence-electron chi connectivity index (χ2n) is 3.10. The molecule has 2 nitrogen and oxygen atoms in total. The van der Waals surface area contributed by atoms with Gasteiger partial charge in [0.2, 0.25) is 0 Å². The second-order valence-corrected chi connectivity index (χ2v) is 3.10. The monoisotopic (exact) mass is 183 g/mol.